The number of hydrogen-bond acceptors (Lipinski definition) is 4. The molecule has 0 unspecified atom stereocenters. The molecule has 0 fully saturated rings. The third kappa shape index (κ3) is 3.93. The maximum atomic E-state index is 10.3. The van der Waals surface area contributed by atoms with Crippen molar-refractivity contribution >= 4 is 11.8 Å². The van der Waals surface area contributed by atoms with Gasteiger partial charge < -0.3 is 10.4 Å². The van der Waals surface area contributed by atoms with Crippen molar-refractivity contribution in [2.24, 2.45) is 0 Å². The molecule has 1 heterocycles. The van der Waals surface area contributed by atoms with Gasteiger partial charge in [-0.25, -0.2) is 9.97 Å². The van der Waals surface area contributed by atoms with Gasteiger partial charge in [0, 0.05) is 18.3 Å². The molecule has 0 aliphatic carbocycles. The number of nitrogens with zero attached hydrogens (tertiary/aromatic N) is 2. The molecule has 0 aliphatic heterocycles. The first-order valence-electron chi connectivity index (χ1n) is 4.92. The van der Waals surface area contributed by atoms with Crippen LogP contribution in [0.5, 0.6) is 0 Å². The highest BCUT2D eigenvalue weighted by atomic mass is 16.4. The van der Waals surface area contributed by atoms with Crippen molar-refractivity contribution in [2.45, 2.75) is 26.7 Å². The van der Waals surface area contributed by atoms with Crippen LogP contribution in [0.3, 0.4) is 0 Å². The molecule has 0 radical (unpaired) electrons. The zero-order valence-electron chi connectivity index (χ0n) is 8.95. The summed E-state index contributed by atoms with van der Waals surface area (Å²) in [6, 6.07) is 1.84. The predicted octanol–water partition coefficient (Wildman–Crippen LogP) is 1.23. The minimum absolute atomic E-state index is 0.0878. The van der Waals surface area contributed by atoms with E-state index in [1.165, 1.54) is 0 Å². The molecule has 2 N–H and O–H groups in total. The molecule has 1 rings (SSSR count). The Morgan fingerprint density at radius 1 is 1.53 bits per heavy atom. The van der Waals surface area contributed by atoms with E-state index < -0.39 is 5.97 Å². The van der Waals surface area contributed by atoms with Gasteiger partial charge in [-0.3, -0.25) is 4.79 Å². The Balaban J connectivity index is 2.60. The van der Waals surface area contributed by atoms with Crippen molar-refractivity contribution in [1.82, 2.24) is 9.97 Å². The van der Waals surface area contributed by atoms with E-state index in [4.69, 9.17) is 5.11 Å². The molecule has 0 spiro atoms. The van der Waals surface area contributed by atoms with E-state index in [0.29, 0.717) is 18.2 Å². The second-order valence-corrected chi connectivity index (χ2v) is 3.22. The van der Waals surface area contributed by atoms with Gasteiger partial charge >= 0.3 is 5.97 Å². The van der Waals surface area contributed by atoms with Crippen LogP contribution >= 0.6 is 0 Å². The molecule has 0 saturated heterocycles. The number of aliphatic carboxylic acids is 1. The number of anilines is 1. The fourth-order valence-corrected chi connectivity index (χ4v) is 1.20. The van der Waals surface area contributed by atoms with Gasteiger partial charge in [-0.05, 0) is 13.3 Å². The molecule has 0 amide bonds. The molecular formula is C10H15N3O2. The summed E-state index contributed by atoms with van der Waals surface area (Å²) in [5.41, 5.74) is 0.959. The van der Waals surface area contributed by atoms with Gasteiger partial charge in [0.1, 0.15) is 11.6 Å². The average molecular weight is 209 g/mol. The predicted molar refractivity (Wildman–Crippen MR) is 56.9 cm³/mol. The largest absolute Gasteiger partial charge is 0.481 e. The molecule has 1 aromatic rings. The lowest BCUT2D eigenvalue weighted by Crippen LogP contribution is -2.10. The monoisotopic (exact) mass is 209 g/mol. The summed E-state index contributed by atoms with van der Waals surface area (Å²) < 4.78 is 0. The number of carboxylic acids is 1. The molecule has 0 aromatic carbocycles. The molecule has 0 bridgehead atoms. The number of aryl methyl sites for hydroxylation is 2. The van der Waals surface area contributed by atoms with Crippen molar-refractivity contribution in [3.63, 3.8) is 0 Å². The van der Waals surface area contributed by atoms with Crippen LogP contribution in [0.1, 0.15) is 24.9 Å². The molecule has 5 nitrogen and oxygen atoms in total. The van der Waals surface area contributed by atoms with Crippen LogP contribution in [0.4, 0.5) is 5.82 Å². The Morgan fingerprint density at radius 2 is 2.27 bits per heavy atom. The lowest BCUT2D eigenvalue weighted by atomic mass is 10.3. The zero-order chi connectivity index (χ0) is 11.3. The van der Waals surface area contributed by atoms with E-state index in [1.54, 1.807) is 0 Å². The fraction of sp³-hybridized carbons (Fsp3) is 0.500. The van der Waals surface area contributed by atoms with Crippen molar-refractivity contribution < 1.29 is 9.90 Å². The number of aromatic nitrogens is 2. The molecule has 15 heavy (non-hydrogen) atoms. The van der Waals surface area contributed by atoms with Crippen LogP contribution in [0.15, 0.2) is 6.07 Å². The summed E-state index contributed by atoms with van der Waals surface area (Å²) in [5, 5.41) is 11.4. The van der Waals surface area contributed by atoms with Gasteiger partial charge in [0.05, 0.1) is 6.42 Å². The topological polar surface area (TPSA) is 75.1 Å². The lowest BCUT2D eigenvalue weighted by molar-refractivity contribution is -0.136. The number of hydrogen-bond donors (Lipinski definition) is 2. The van der Waals surface area contributed by atoms with Gasteiger partial charge in [-0.15, -0.1) is 0 Å². The summed E-state index contributed by atoms with van der Waals surface area (Å²) >= 11 is 0. The van der Waals surface area contributed by atoms with Crippen molar-refractivity contribution in [3.8, 4) is 0 Å². The van der Waals surface area contributed by atoms with Gasteiger partial charge in [-0.1, -0.05) is 6.92 Å². The Labute approximate surface area is 88.6 Å². The summed E-state index contributed by atoms with van der Waals surface area (Å²) in [5.74, 6) is 0.580. The maximum Gasteiger partial charge on any atom is 0.305 e. The van der Waals surface area contributed by atoms with Gasteiger partial charge in [-0.2, -0.15) is 0 Å². The van der Waals surface area contributed by atoms with Crippen LogP contribution in [-0.2, 0) is 11.2 Å². The molecule has 0 aliphatic rings. The highest BCUT2D eigenvalue weighted by Crippen LogP contribution is 2.06. The minimum Gasteiger partial charge on any atom is -0.481 e. The second kappa shape index (κ2) is 5.29. The molecule has 0 saturated carbocycles. The van der Waals surface area contributed by atoms with Crippen molar-refractivity contribution in [3.05, 3.63) is 17.6 Å². The summed E-state index contributed by atoms with van der Waals surface area (Å²) in [7, 11) is 0. The van der Waals surface area contributed by atoms with E-state index in [9.17, 15) is 4.79 Å². The van der Waals surface area contributed by atoms with Crippen LogP contribution in [-0.4, -0.2) is 27.6 Å². The summed E-state index contributed by atoms with van der Waals surface area (Å²) in [6.07, 6.45) is 0.932. The van der Waals surface area contributed by atoms with Gasteiger partial charge in [0.2, 0.25) is 0 Å². The van der Waals surface area contributed by atoms with Crippen LogP contribution in [0.25, 0.3) is 0 Å². The number of carbonyl (C=O) groups is 1. The standard InChI is InChI=1S/C10H15N3O2/c1-3-8-6-9(13-7(2)12-8)11-5-4-10(14)15/h6H,3-5H2,1-2H3,(H,14,15)(H,11,12,13). The first-order valence-corrected chi connectivity index (χ1v) is 4.92. The molecular weight excluding hydrogens is 194 g/mol. The van der Waals surface area contributed by atoms with Crippen molar-refractivity contribution in [1.29, 1.82) is 0 Å². The molecule has 1 aromatic heterocycles. The Kier molecular flexibility index (Phi) is 4.03. The third-order valence-electron chi connectivity index (χ3n) is 1.90. The normalized spacial score (nSPS) is 10.0. The zero-order valence-corrected chi connectivity index (χ0v) is 8.95. The van der Waals surface area contributed by atoms with Crippen LogP contribution in [0.2, 0.25) is 0 Å². The molecule has 82 valence electrons. The minimum atomic E-state index is -0.816. The van der Waals surface area contributed by atoms with E-state index in [0.717, 1.165) is 12.1 Å². The van der Waals surface area contributed by atoms with E-state index in [-0.39, 0.29) is 6.42 Å². The van der Waals surface area contributed by atoms with E-state index in [2.05, 4.69) is 15.3 Å². The molecule has 0 atom stereocenters. The van der Waals surface area contributed by atoms with E-state index in [1.807, 2.05) is 19.9 Å². The molecule has 5 heteroatoms. The lowest BCUT2D eigenvalue weighted by Gasteiger charge is -2.06. The maximum absolute atomic E-state index is 10.3. The summed E-state index contributed by atoms with van der Waals surface area (Å²) in [4.78, 5) is 18.7. The Hall–Kier alpha value is -1.65. The highest BCUT2D eigenvalue weighted by molar-refractivity contribution is 5.67. The quantitative estimate of drug-likeness (QED) is 0.763. The van der Waals surface area contributed by atoms with Gasteiger partial charge in [0.15, 0.2) is 0 Å². The third-order valence-corrected chi connectivity index (χ3v) is 1.90. The second-order valence-electron chi connectivity index (χ2n) is 3.22. The first kappa shape index (κ1) is 11.4. The highest BCUT2D eigenvalue weighted by Gasteiger charge is 2.01. The Morgan fingerprint density at radius 3 is 2.87 bits per heavy atom. The number of nitrogens with one attached hydrogen (secondary N) is 1. The van der Waals surface area contributed by atoms with Crippen LogP contribution in [0, 0.1) is 6.92 Å². The fourth-order valence-electron chi connectivity index (χ4n) is 1.20. The SMILES string of the molecule is CCc1cc(NCCC(=O)O)nc(C)n1. The number of rotatable bonds is 5. The first-order chi connectivity index (χ1) is 7.11. The van der Waals surface area contributed by atoms with Gasteiger partial charge in [0.25, 0.3) is 0 Å². The average Bonchev–Trinajstić information content (AvgIpc) is 2.16. The van der Waals surface area contributed by atoms with E-state index >= 15 is 0 Å². The van der Waals surface area contributed by atoms with Crippen LogP contribution < -0.4 is 5.32 Å². The number of carboxylic acid groups (broad SMARTS) is 1. The van der Waals surface area contributed by atoms with Crippen molar-refractivity contribution in [2.75, 3.05) is 11.9 Å². The Bertz CT molecular complexity index is 353. The smallest absolute Gasteiger partial charge is 0.305 e. The summed E-state index contributed by atoms with van der Waals surface area (Å²) in [6.45, 7) is 4.22.